The standard InChI is InChI=1S/BrH.2Ca.ClH/h1H;;;1H/q;2*+2;/p-2. The van der Waals surface area contributed by atoms with Gasteiger partial charge in [-0.2, -0.15) is 0 Å². The van der Waals surface area contributed by atoms with Crippen LogP contribution in [-0.4, -0.2) is 75.5 Å². The van der Waals surface area contributed by atoms with Crippen LogP contribution in [0.2, 0.25) is 0 Å². The summed E-state index contributed by atoms with van der Waals surface area (Å²) >= 11 is 0. The van der Waals surface area contributed by atoms with Crippen molar-refractivity contribution >= 4 is 75.5 Å². The van der Waals surface area contributed by atoms with Crippen LogP contribution in [0.1, 0.15) is 0 Å². The Kier molecular flexibility index (Phi) is 108. The SMILES string of the molecule is [Br-].[Ca+2].[Ca+2].[Cl-]. The monoisotopic (exact) mass is 194 g/mol. The molecule has 0 fully saturated rings. The van der Waals surface area contributed by atoms with Crippen molar-refractivity contribution in [3.8, 4) is 0 Å². The van der Waals surface area contributed by atoms with Crippen molar-refractivity contribution in [2.45, 2.75) is 0 Å². The third kappa shape index (κ3) is 8.99. The van der Waals surface area contributed by atoms with Crippen LogP contribution in [0.5, 0.6) is 0 Å². The summed E-state index contributed by atoms with van der Waals surface area (Å²) < 4.78 is 0. The minimum absolute atomic E-state index is 0. The van der Waals surface area contributed by atoms with Crippen molar-refractivity contribution in [2.24, 2.45) is 0 Å². The molecule has 0 aliphatic rings. The average Bonchev–Trinajstić information content (AvgIpc) is 0. The molecule has 0 unspecified atom stereocenters. The molecule has 0 N–H and O–H groups in total. The molecule has 0 spiro atoms. The first-order chi connectivity index (χ1) is 0. The third-order valence-corrected chi connectivity index (χ3v) is 0. The fourth-order valence-corrected chi connectivity index (χ4v) is 0. The van der Waals surface area contributed by atoms with E-state index < -0.39 is 0 Å². The summed E-state index contributed by atoms with van der Waals surface area (Å²) in [6.45, 7) is 0. The van der Waals surface area contributed by atoms with Crippen molar-refractivity contribution in [1.82, 2.24) is 0 Å². The minimum Gasteiger partial charge on any atom is -1.00 e. The first kappa shape index (κ1) is 26.6. The van der Waals surface area contributed by atoms with Gasteiger partial charge >= 0.3 is 75.5 Å². The molecular formula is BrCa2Cl+2. The Hall–Kier alpha value is 3.29. The molecule has 0 saturated heterocycles. The number of rotatable bonds is 0. The Bertz CT molecular complexity index is 6.00. The van der Waals surface area contributed by atoms with E-state index in [-0.39, 0.29) is 105 Å². The van der Waals surface area contributed by atoms with Crippen LogP contribution in [0.15, 0.2) is 0 Å². The van der Waals surface area contributed by atoms with Crippen molar-refractivity contribution in [3.05, 3.63) is 0 Å². The van der Waals surface area contributed by atoms with Gasteiger partial charge in [-0.3, -0.25) is 0 Å². The molecule has 4 heteroatoms. The second-order valence-electron chi connectivity index (χ2n) is 0. The zero-order valence-electron chi connectivity index (χ0n) is 2.17. The van der Waals surface area contributed by atoms with Gasteiger partial charge < -0.3 is 29.4 Å². The molecule has 0 bridgehead atoms. The second-order valence-corrected chi connectivity index (χ2v) is 0. The third-order valence-electron chi connectivity index (χ3n) is 0. The van der Waals surface area contributed by atoms with Gasteiger partial charge in [0.05, 0.1) is 0 Å². The summed E-state index contributed by atoms with van der Waals surface area (Å²) in [6, 6.07) is 0. The van der Waals surface area contributed by atoms with E-state index in [9.17, 15) is 0 Å². The van der Waals surface area contributed by atoms with Crippen LogP contribution in [-0.2, 0) is 0 Å². The number of hydrogen-bond acceptors (Lipinski definition) is 0. The maximum absolute atomic E-state index is 0. The molecule has 0 heterocycles. The predicted octanol–water partition coefficient (Wildman–Crippen LogP) is -6.75. The van der Waals surface area contributed by atoms with E-state index in [1.54, 1.807) is 0 Å². The Morgan fingerprint density at radius 1 is 0.750 bits per heavy atom. The molecule has 0 rings (SSSR count). The maximum Gasteiger partial charge on any atom is 2.00 e. The average molecular weight is 196 g/mol. The van der Waals surface area contributed by atoms with Gasteiger partial charge in [0.25, 0.3) is 0 Å². The quantitative estimate of drug-likeness (QED) is 0.337. The molecule has 0 saturated carbocycles. The van der Waals surface area contributed by atoms with E-state index in [0.717, 1.165) is 0 Å². The Balaban J connectivity index is 0. The maximum atomic E-state index is 0. The fraction of sp³-hybridized carbons (Fsp3) is 0. The summed E-state index contributed by atoms with van der Waals surface area (Å²) in [5.41, 5.74) is 0. The molecule has 0 amide bonds. The van der Waals surface area contributed by atoms with E-state index in [0.29, 0.717) is 0 Å². The van der Waals surface area contributed by atoms with Gasteiger partial charge in [0.1, 0.15) is 0 Å². The first-order valence-electron chi connectivity index (χ1n) is 0. The van der Waals surface area contributed by atoms with E-state index >= 15 is 0 Å². The predicted molar refractivity (Wildman–Crippen MR) is 11.5 cm³/mol. The van der Waals surface area contributed by atoms with E-state index in [1.165, 1.54) is 0 Å². The van der Waals surface area contributed by atoms with Gasteiger partial charge in [-0.1, -0.05) is 0 Å². The van der Waals surface area contributed by atoms with E-state index in [4.69, 9.17) is 0 Å². The van der Waals surface area contributed by atoms with Crippen molar-refractivity contribution < 1.29 is 29.4 Å². The van der Waals surface area contributed by atoms with Gasteiger partial charge in [-0.15, -0.1) is 0 Å². The smallest absolute Gasteiger partial charge is 1.00 e. The van der Waals surface area contributed by atoms with E-state index in [1.807, 2.05) is 0 Å². The van der Waals surface area contributed by atoms with Crippen LogP contribution in [0.4, 0.5) is 0 Å². The Morgan fingerprint density at radius 2 is 0.750 bits per heavy atom. The summed E-state index contributed by atoms with van der Waals surface area (Å²) in [5, 5.41) is 0. The molecule has 0 nitrogen and oxygen atoms in total. The van der Waals surface area contributed by atoms with Gasteiger partial charge in [0, 0.05) is 0 Å². The minimum atomic E-state index is 0. The number of hydrogen-bond donors (Lipinski definition) is 0. The summed E-state index contributed by atoms with van der Waals surface area (Å²) in [7, 11) is 0. The molecular weight excluding hydrogens is 196 g/mol. The summed E-state index contributed by atoms with van der Waals surface area (Å²) in [5.74, 6) is 0. The summed E-state index contributed by atoms with van der Waals surface area (Å²) in [6.07, 6.45) is 0. The molecule has 0 atom stereocenters. The van der Waals surface area contributed by atoms with Crippen molar-refractivity contribution in [1.29, 1.82) is 0 Å². The van der Waals surface area contributed by atoms with Gasteiger partial charge in [-0.05, 0) is 0 Å². The molecule has 0 radical (unpaired) electrons. The van der Waals surface area contributed by atoms with E-state index in [2.05, 4.69) is 0 Å². The fourth-order valence-electron chi connectivity index (χ4n) is 0. The Labute approximate surface area is 102 Å². The topological polar surface area (TPSA) is 0 Å². The molecule has 4 heavy (non-hydrogen) atoms. The van der Waals surface area contributed by atoms with Crippen molar-refractivity contribution in [3.63, 3.8) is 0 Å². The molecule has 16 valence electrons. The first-order valence-corrected chi connectivity index (χ1v) is 0. The van der Waals surface area contributed by atoms with Gasteiger partial charge in [0.2, 0.25) is 0 Å². The molecule has 0 aliphatic carbocycles. The van der Waals surface area contributed by atoms with Crippen LogP contribution in [0.25, 0.3) is 0 Å². The molecule has 0 aromatic rings. The van der Waals surface area contributed by atoms with Gasteiger partial charge in [-0.25, -0.2) is 0 Å². The van der Waals surface area contributed by atoms with Crippen molar-refractivity contribution in [2.75, 3.05) is 0 Å². The van der Waals surface area contributed by atoms with Crippen LogP contribution < -0.4 is 29.4 Å². The van der Waals surface area contributed by atoms with Crippen LogP contribution >= 0.6 is 0 Å². The van der Waals surface area contributed by atoms with Gasteiger partial charge in [0.15, 0.2) is 0 Å². The Morgan fingerprint density at radius 3 is 0.750 bits per heavy atom. The summed E-state index contributed by atoms with van der Waals surface area (Å²) in [4.78, 5) is 0. The second kappa shape index (κ2) is 16.3. The molecule has 0 aliphatic heterocycles. The largest absolute Gasteiger partial charge is 2.00 e. The number of halogens is 2. The normalized spacial score (nSPS) is 0. The molecule has 0 aromatic heterocycles. The zero-order chi connectivity index (χ0) is 0. The zero-order valence-corrected chi connectivity index (χ0v) is 8.93. The van der Waals surface area contributed by atoms with Crippen LogP contribution in [0, 0.1) is 0 Å². The molecule has 0 aromatic carbocycles. The van der Waals surface area contributed by atoms with Crippen LogP contribution in [0.3, 0.4) is 0 Å².